The molecule has 0 aliphatic heterocycles. The number of benzene rings is 1. The lowest BCUT2D eigenvalue weighted by atomic mass is 10.2. The van der Waals surface area contributed by atoms with Crippen molar-refractivity contribution in [1.82, 2.24) is 10.7 Å². The lowest BCUT2D eigenvalue weighted by Gasteiger charge is -2.10. The third-order valence-corrected chi connectivity index (χ3v) is 3.56. The normalized spacial score (nSPS) is 14.8. The van der Waals surface area contributed by atoms with Crippen molar-refractivity contribution in [1.29, 1.82) is 0 Å². The fraction of sp³-hybridized carbons (Fsp3) is 0.438. The third-order valence-electron chi connectivity index (χ3n) is 3.56. The lowest BCUT2D eigenvalue weighted by Crippen LogP contribution is -2.42. The number of phenolic OH excluding ortho intramolecular Hbond substituents is 1. The third kappa shape index (κ3) is 4.98. The van der Waals surface area contributed by atoms with E-state index in [9.17, 15) is 14.7 Å². The maximum atomic E-state index is 11.7. The monoisotopic (exact) mass is 319 g/mol. The van der Waals surface area contributed by atoms with E-state index >= 15 is 0 Å². The van der Waals surface area contributed by atoms with E-state index in [2.05, 4.69) is 15.8 Å². The van der Waals surface area contributed by atoms with Gasteiger partial charge in [0.25, 0.3) is 0 Å². The number of nitrogens with one attached hydrogen (secondary N) is 2. The number of amides is 2. The van der Waals surface area contributed by atoms with Crippen molar-refractivity contribution in [3.63, 3.8) is 0 Å². The highest BCUT2D eigenvalue weighted by molar-refractivity contribution is 6.35. The van der Waals surface area contributed by atoms with Crippen LogP contribution in [0.15, 0.2) is 23.3 Å². The largest absolute Gasteiger partial charge is 0.504 e. The maximum absolute atomic E-state index is 11.7. The van der Waals surface area contributed by atoms with Gasteiger partial charge in [-0.05, 0) is 43.5 Å². The van der Waals surface area contributed by atoms with Crippen LogP contribution in [-0.4, -0.2) is 35.8 Å². The Morgan fingerprint density at radius 3 is 2.78 bits per heavy atom. The van der Waals surface area contributed by atoms with E-state index in [-0.39, 0.29) is 11.8 Å². The summed E-state index contributed by atoms with van der Waals surface area (Å²) in [4.78, 5) is 23.3. The van der Waals surface area contributed by atoms with Gasteiger partial charge in [-0.3, -0.25) is 9.59 Å². The number of nitrogens with zero attached hydrogens (tertiary/aromatic N) is 1. The van der Waals surface area contributed by atoms with Crippen molar-refractivity contribution in [3.05, 3.63) is 23.8 Å². The molecule has 7 nitrogen and oxygen atoms in total. The summed E-state index contributed by atoms with van der Waals surface area (Å²) in [6.07, 6.45) is 5.36. The quantitative estimate of drug-likeness (QED) is 0.433. The SMILES string of the molecule is CCOc1cc(/C=N\NC(=O)C(=O)NC2CCCC2)ccc1O. The smallest absolute Gasteiger partial charge is 0.329 e. The second-order valence-corrected chi connectivity index (χ2v) is 5.31. The van der Waals surface area contributed by atoms with Crippen LogP contribution in [0.2, 0.25) is 0 Å². The zero-order chi connectivity index (χ0) is 16.7. The van der Waals surface area contributed by atoms with Crippen molar-refractivity contribution in [3.8, 4) is 11.5 Å². The van der Waals surface area contributed by atoms with Crippen LogP contribution in [0.5, 0.6) is 11.5 Å². The molecule has 1 aromatic rings. The molecule has 0 saturated heterocycles. The lowest BCUT2D eigenvalue weighted by molar-refractivity contribution is -0.139. The molecular weight excluding hydrogens is 298 g/mol. The predicted molar refractivity (Wildman–Crippen MR) is 85.4 cm³/mol. The first-order valence-corrected chi connectivity index (χ1v) is 7.70. The summed E-state index contributed by atoms with van der Waals surface area (Å²) in [5.74, 6) is -1.10. The molecule has 1 aliphatic carbocycles. The number of hydrazone groups is 1. The second-order valence-electron chi connectivity index (χ2n) is 5.31. The van der Waals surface area contributed by atoms with E-state index in [1.165, 1.54) is 12.3 Å². The summed E-state index contributed by atoms with van der Waals surface area (Å²) < 4.78 is 5.25. The summed E-state index contributed by atoms with van der Waals surface area (Å²) in [5.41, 5.74) is 2.81. The van der Waals surface area contributed by atoms with Gasteiger partial charge in [0.2, 0.25) is 0 Å². The second kappa shape index (κ2) is 8.17. The first kappa shape index (κ1) is 16.8. The van der Waals surface area contributed by atoms with Gasteiger partial charge in [-0.2, -0.15) is 5.10 Å². The number of hydrogen-bond donors (Lipinski definition) is 3. The van der Waals surface area contributed by atoms with Crippen molar-refractivity contribution < 1.29 is 19.4 Å². The Morgan fingerprint density at radius 2 is 2.09 bits per heavy atom. The highest BCUT2D eigenvalue weighted by Gasteiger charge is 2.20. The van der Waals surface area contributed by atoms with E-state index in [0.717, 1.165) is 25.7 Å². The van der Waals surface area contributed by atoms with Gasteiger partial charge in [0, 0.05) is 6.04 Å². The van der Waals surface area contributed by atoms with E-state index in [1.807, 2.05) is 6.92 Å². The van der Waals surface area contributed by atoms with Crippen molar-refractivity contribution in [2.45, 2.75) is 38.6 Å². The van der Waals surface area contributed by atoms with E-state index in [1.54, 1.807) is 12.1 Å². The van der Waals surface area contributed by atoms with Crippen LogP contribution in [0.25, 0.3) is 0 Å². The minimum atomic E-state index is -0.794. The highest BCUT2D eigenvalue weighted by atomic mass is 16.5. The molecule has 1 aromatic carbocycles. The van der Waals surface area contributed by atoms with Crippen molar-refractivity contribution >= 4 is 18.0 Å². The van der Waals surface area contributed by atoms with Crippen LogP contribution in [-0.2, 0) is 9.59 Å². The van der Waals surface area contributed by atoms with Gasteiger partial charge in [-0.25, -0.2) is 5.43 Å². The average Bonchev–Trinajstić information content (AvgIpc) is 3.03. The Morgan fingerprint density at radius 1 is 1.35 bits per heavy atom. The molecule has 23 heavy (non-hydrogen) atoms. The molecule has 1 saturated carbocycles. The van der Waals surface area contributed by atoms with Gasteiger partial charge in [0.1, 0.15) is 0 Å². The number of hydrogen-bond acceptors (Lipinski definition) is 5. The highest BCUT2D eigenvalue weighted by Crippen LogP contribution is 2.26. The predicted octanol–water partition coefficient (Wildman–Crippen LogP) is 1.30. The molecule has 124 valence electrons. The van der Waals surface area contributed by atoms with Crippen molar-refractivity contribution in [2.75, 3.05) is 6.61 Å². The summed E-state index contributed by atoms with van der Waals surface area (Å²) in [7, 11) is 0. The molecule has 0 aromatic heterocycles. The molecule has 0 bridgehead atoms. The molecule has 0 unspecified atom stereocenters. The zero-order valence-electron chi connectivity index (χ0n) is 13.0. The summed E-state index contributed by atoms with van der Waals surface area (Å²) in [5, 5.41) is 16.0. The van der Waals surface area contributed by atoms with Crippen LogP contribution in [0, 0.1) is 0 Å². The van der Waals surface area contributed by atoms with Gasteiger partial charge in [-0.15, -0.1) is 0 Å². The molecule has 1 fully saturated rings. The standard InChI is InChI=1S/C16H21N3O4/c1-2-23-14-9-11(7-8-13(14)20)10-17-19-16(22)15(21)18-12-5-3-4-6-12/h7-10,12,20H,2-6H2,1H3,(H,18,21)(H,19,22)/b17-10-. The van der Waals surface area contributed by atoms with Crippen LogP contribution in [0.4, 0.5) is 0 Å². The Labute approximate surface area is 134 Å². The molecule has 2 rings (SSSR count). The van der Waals surface area contributed by atoms with Gasteiger partial charge < -0.3 is 15.2 Å². The molecule has 0 atom stereocenters. The fourth-order valence-electron chi connectivity index (χ4n) is 2.42. The minimum Gasteiger partial charge on any atom is -0.504 e. The van der Waals surface area contributed by atoms with E-state index in [0.29, 0.717) is 17.9 Å². The molecule has 3 N–H and O–H groups in total. The van der Waals surface area contributed by atoms with Crippen molar-refractivity contribution in [2.24, 2.45) is 5.10 Å². The van der Waals surface area contributed by atoms with Gasteiger partial charge in [0.05, 0.1) is 12.8 Å². The zero-order valence-corrected chi connectivity index (χ0v) is 13.0. The van der Waals surface area contributed by atoms with Crippen LogP contribution in [0.1, 0.15) is 38.2 Å². The number of ether oxygens (including phenoxy) is 1. The number of carbonyl (C=O) groups is 2. The van der Waals surface area contributed by atoms with Crippen LogP contribution < -0.4 is 15.5 Å². The van der Waals surface area contributed by atoms with Gasteiger partial charge >= 0.3 is 11.8 Å². The first-order valence-electron chi connectivity index (χ1n) is 7.70. The Hall–Kier alpha value is -2.57. The Balaban J connectivity index is 1.86. The molecule has 1 aliphatic rings. The minimum absolute atomic E-state index is 0.0315. The first-order chi connectivity index (χ1) is 11.1. The topological polar surface area (TPSA) is 100 Å². The number of aromatic hydroxyl groups is 1. The molecular formula is C16H21N3O4. The molecule has 0 spiro atoms. The number of phenols is 1. The molecule has 2 amide bonds. The van der Waals surface area contributed by atoms with Crippen LogP contribution >= 0.6 is 0 Å². The van der Waals surface area contributed by atoms with E-state index in [4.69, 9.17) is 4.74 Å². The average molecular weight is 319 g/mol. The maximum Gasteiger partial charge on any atom is 0.329 e. The van der Waals surface area contributed by atoms with Crippen LogP contribution in [0.3, 0.4) is 0 Å². The van der Waals surface area contributed by atoms with Gasteiger partial charge in [-0.1, -0.05) is 12.8 Å². The Kier molecular flexibility index (Phi) is 5.96. The number of rotatable bonds is 5. The molecule has 0 heterocycles. The number of carbonyl (C=O) groups excluding carboxylic acids is 2. The molecule has 0 radical (unpaired) electrons. The fourth-order valence-corrected chi connectivity index (χ4v) is 2.42. The summed E-state index contributed by atoms with van der Waals surface area (Å²) in [6.45, 7) is 2.23. The van der Waals surface area contributed by atoms with Gasteiger partial charge in [0.15, 0.2) is 11.5 Å². The Bertz CT molecular complexity index is 595. The van der Waals surface area contributed by atoms with E-state index < -0.39 is 11.8 Å². The molecule has 7 heteroatoms. The summed E-state index contributed by atoms with van der Waals surface area (Å²) >= 11 is 0. The summed E-state index contributed by atoms with van der Waals surface area (Å²) in [6, 6.07) is 4.77.